The Morgan fingerprint density at radius 2 is 2.17 bits per heavy atom. The molecule has 0 radical (unpaired) electrons. The molecule has 1 aliphatic heterocycles. The number of nitrogens with zero attached hydrogens (tertiary/aromatic N) is 1. The van der Waals surface area contributed by atoms with Crippen LogP contribution in [0.5, 0.6) is 0 Å². The summed E-state index contributed by atoms with van der Waals surface area (Å²) in [4.78, 5) is 13.4. The van der Waals surface area contributed by atoms with Crippen molar-refractivity contribution in [3.8, 4) is 0 Å². The molecule has 1 heterocycles. The van der Waals surface area contributed by atoms with Gasteiger partial charge in [-0.2, -0.15) is 0 Å². The Morgan fingerprint density at radius 3 is 2.61 bits per heavy atom. The molecule has 1 amide bonds. The fourth-order valence-corrected chi connectivity index (χ4v) is 2.34. The first kappa shape index (κ1) is 15.2. The predicted octanol–water partition coefficient (Wildman–Crippen LogP) is 2.28. The Morgan fingerprint density at radius 1 is 1.50 bits per heavy atom. The Kier molecular flexibility index (Phi) is 5.82. The van der Waals surface area contributed by atoms with E-state index in [0.717, 1.165) is 19.3 Å². The van der Waals surface area contributed by atoms with Gasteiger partial charge in [0.2, 0.25) is 5.91 Å². The van der Waals surface area contributed by atoms with Crippen LogP contribution in [0, 0.1) is 5.92 Å². The summed E-state index contributed by atoms with van der Waals surface area (Å²) < 4.78 is 5.74. The van der Waals surface area contributed by atoms with Gasteiger partial charge < -0.3 is 9.84 Å². The van der Waals surface area contributed by atoms with Gasteiger partial charge in [0, 0.05) is 13.1 Å². The fourth-order valence-electron chi connectivity index (χ4n) is 2.34. The number of carbonyl (C=O) groups is 1. The lowest BCUT2D eigenvalue weighted by molar-refractivity contribution is -0.138. The summed E-state index contributed by atoms with van der Waals surface area (Å²) in [5.41, 5.74) is 1.18. The number of hydrogen-bond donors (Lipinski definition) is 1. The monoisotopic (exact) mass is 255 g/mol. The molecule has 0 aromatic rings. The molecule has 1 fully saturated rings. The maximum atomic E-state index is 11.7. The second-order valence-corrected chi connectivity index (χ2v) is 5.18. The maximum absolute atomic E-state index is 11.7. The molecule has 0 aromatic carbocycles. The van der Waals surface area contributed by atoms with Crippen molar-refractivity contribution in [1.29, 1.82) is 0 Å². The summed E-state index contributed by atoms with van der Waals surface area (Å²) in [7, 11) is 0. The molecule has 0 aromatic heterocycles. The van der Waals surface area contributed by atoms with Crippen LogP contribution in [0.2, 0.25) is 0 Å². The van der Waals surface area contributed by atoms with Crippen LogP contribution in [-0.4, -0.2) is 34.9 Å². The molecule has 0 saturated carbocycles. The largest absolute Gasteiger partial charge is 0.394 e. The van der Waals surface area contributed by atoms with Crippen LogP contribution in [-0.2, 0) is 9.53 Å². The summed E-state index contributed by atoms with van der Waals surface area (Å²) in [5.74, 6) is 0.267. The fraction of sp³-hybridized carbons (Fsp3) is 0.786. The van der Waals surface area contributed by atoms with E-state index in [9.17, 15) is 9.90 Å². The van der Waals surface area contributed by atoms with E-state index >= 15 is 0 Å². The number of hydrogen-bond acceptors (Lipinski definition) is 3. The van der Waals surface area contributed by atoms with Gasteiger partial charge in [-0.15, -0.1) is 0 Å². The van der Waals surface area contributed by atoms with E-state index in [-0.39, 0.29) is 30.8 Å². The quantitative estimate of drug-likeness (QED) is 0.820. The third kappa shape index (κ3) is 3.82. The first-order chi connectivity index (χ1) is 8.49. The van der Waals surface area contributed by atoms with E-state index in [4.69, 9.17) is 4.74 Å². The van der Waals surface area contributed by atoms with E-state index in [1.807, 2.05) is 20.0 Å². The zero-order chi connectivity index (χ0) is 13.7. The van der Waals surface area contributed by atoms with Crippen LogP contribution in [0.15, 0.2) is 11.8 Å². The standard InChI is InChI=1S/C14H25NO3/c1-5-6-10(2)8-15(12(4)17)14-7-11(3)13(9-16)18-14/h8,11,13-14,16H,5-7,9H2,1-4H3/b10-8-/t11?,13-,14-/m1/s1. The Balaban J connectivity index is 2.75. The highest BCUT2D eigenvalue weighted by Crippen LogP contribution is 2.28. The molecule has 0 bridgehead atoms. The Hall–Kier alpha value is -0.870. The SMILES string of the molecule is CCC/C(C)=C\N(C(C)=O)[C@H]1CC(C)[C@@H](CO)O1. The third-order valence-electron chi connectivity index (χ3n) is 3.40. The van der Waals surface area contributed by atoms with Crippen molar-refractivity contribution in [3.63, 3.8) is 0 Å². The van der Waals surface area contributed by atoms with Crippen molar-refractivity contribution in [2.45, 2.75) is 59.3 Å². The first-order valence-electron chi connectivity index (χ1n) is 6.72. The second-order valence-electron chi connectivity index (χ2n) is 5.18. The molecule has 3 atom stereocenters. The molecular formula is C14H25NO3. The number of allylic oxidation sites excluding steroid dienone is 1. The van der Waals surface area contributed by atoms with Crippen LogP contribution in [0.4, 0.5) is 0 Å². The van der Waals surface area contributed by atoms with E-state index < -0.39 is 0 Å². The zero-order valence-corrected chi connectivity index (χ0v) is 11.8. The summed E-state index contributed by atoms with van der Waals surface area (Å²) in [6, 6.07) is 0. The van der Waals surface area contributed by atoms with Crippen LogP contribution >= 0.6 is 0 Å². The van der Waals surface area contributed by atoms with Gasteiger partial charge in [-0.3, -0.25) is 9.69 Å². The lowest BCUT2D eigenvalue weighted by Crippen LogP contribution is -2.35. The van der Waals surface area contributed by atoms with E-state index in [0.29, 0.717) is 0 Å². The summed E-state index contributed by atoms with van der Waals surface area (Å²) in [6.07, 6.45) is 4.33. The Bertz CT molecular complexity index is 314. The predicted molar refractivity (Wildman–Crippen MR) is 70.7 cm³/mol. The molecule has 1 aliphatic rings. The molecule has 104 valence electrons. The van der Waals surface area contributed by atoms with E-state index in [1.165, 1.54) is 5.57 Å². The molecule has 4 nitrogen and oxygen atoms in total. The highest BCUT2D eigenvalue weighted by Gasteiger charge is 2.35. The summed E-state index contributed by atoms with van der Waals surface area (Å²) >= 11 is 0. The molecule has 1 unspecified atom stereocenters. The molecule has 1 saturated heterocycles. The molecule has 0 spiro atoms. The highest BCUT2D eigenvalue weighted by molar-refractivity contribution is 5.74. The van der Waals surface area contributed by atoms with E-state index in [1.54, 1.807) is 11.8 Å². The van der Waals surface area contributed by atoms with Crippen LogP contribution < -0.4 is 0 Å². The molecular weight excluding hydrogens is 230 g/mol. The highest BCUT2D eigenvalue weighted by atomic mass is 16.5. The normalized spacial score (nSPS) is 28.5. The van der Waals surface area contributed by atoms with Crippen molar-refractivity contribution in [3.05, 3.63) is 11.8 Å². The van der Waals surface area contributed by atoms with Gasteiger partial charge in [0.25, 0.3) is 0 Å². The summed E-state index contributed by atoms with van der Waals surface area (Å²) in [5, 5.41) is 9.20. The number of aliphatic hydroxyl groups is 1. The number of aliphatic hydroxyl groups excluding tert-OH is 1. The van der Waals surface area contributed by atoms with Gasteiger partial charge in [-0.1, -0.05) is 25.8 Å². The van der Waals surface area contributed by atoms with Crippen molar-refractivity contribution >= 4 is 5.91 Å². The van der Waals surface area contributed by atoms with Crippen molar-refractivity contribution in [2.24, 2.45) is 5.92 Å². The van der Waals surface area contributed by atoms with Crippen molar-refractivity contribution in [2.75, 3.05) is 6.61 Å². The van der Waals surface area contributed by atoms with Gasteiger partial charge in [0.05, 0.1) is 12.7 Å². The summed E-state index contributed by atoms with van der Waals surface area (Å²) in [6.45, 7) is 7.76. The average Bonchev–Trinajstić information content (AvgIpc) is 2.67. The van der Waals surface area contributed by atoms with Crippen molar-refractivity contribution in [1.82, 2.24) is 4.90 Å². The molecule has 1 rings (SSSR count). The molecule has 18 heavy (non-hydrogen) atoms. The molecule has 4 heteroatoms. The van der Waals surface area contributed by atoms with Crippen LogP contribution in [0.3, 0.4) is 0 Å². The average molecular weight is 255 g/mol. The lowest BCUT2D eigenvalue weighted by Gasteiger charge is -2.25. The molecule has 0 aliphatic carbocycles. The van der Waals surface area contributed by atoms with Gasteiger partial charge in [0.15, 0.2) is 0 Å². The Labute approximate surface area is 110 Å². The minimum Gasteiger partial charge on any atom is -0.394 e. The van der Waals surface area contributed by atoms with Gasteiger partial charge in [-0.25, -0.2) is 0 Å². The van der Waals surface area contributed by atoms with Crippen LogP contribution in [0.1, 0.15) is 47.0 Å². The van der Waals surface area contributed by atoms with Gasteiger partial charge >= 0.3 is 0 Å². The zero-order valence-electron chi connectivity index (χ0n) is 11.8. The minimum absolute atomic E-state index is 0.0127. The lowest BCUT2D eigenvalue weighted by atomic mass is 10.0. The maximum Gasteiger partial charge on any atom is 0.225 e. The number of ether oxygens (including phenoxy) is 1. The van der Waals surface area contributed by atoms with E-state index in [2.05, 4.69) is 6.92 Å². The number of carbonyl (C=O) groups excluding carboxylic acids is 1. The van der Waals surface area contributed by atoms with Gasteiger partial charge in [-0.05, 0) is 25.7 Å². The number of rotatable bonds is 5. The number of amides is 1. The second kappa shape index (κ2) is 6.90. The first-order valence-corrected chi connectivity index (χ1v) is 6.72. The molecule has 1 N–H and O–H groups in total. The third-order valence-corrected chi connectivity index (χ3v) is 3.40. The van der Waals surface area contributed by atoms with Crippen LogP contribution in [0.25, 0.3) is 0 Å². The van der Waals surface area contributed by atoms with Gasteiger partial charge in [0.1, 0.15) is 6.23 Å². The smallest absolute Gasteiger partial charge is 0.225 e. The topological polar surface area (TPSA) is 49.8 Å². The minimum atomic E-state index is -0.235. The van der Waals surface area contributed by atoms with Crippen molar-refractivity contribution < 1.29 is 14.6 Å².